The van der Waals surface area contributed by atoms with E-state index in [9.17, 15) is 9.90 Å². The minimum atomic E-state index is -0.391. The van der Waals surface area contributed by atoms with Gasteiger partial charge >= 0.3 is 0 Å². The molecule has 0 aliphatic heterocycles. The second-order valence-electron chi connectivity index (χ2n) is 4.01. The summed E-state index contributed by atoms with van der Waals surface area (Å²) < 4.78 is 0. The van der Waals surface area contributed by atoms with E-state index in [1.807, 2.05) is 36.4 Å². The summed E-state index contributed by atoms with van der Waals surface area (Å²) in [7, 11) is 0. The van der Waals surface area contributed by atoms with Crippen LogP contribution in [0.1, 0.15) is 24.0 Å². The quantitative estimate of drug-likeness (QED) is 0.873. The third-order valence-corrected chi connectivity index (χ3v) is 2.79. The van der Waals surface area contributed by atoms with E-state index in [-0.39, 0.29) is 11.5 Å². The SMILES string of the molecule is CC(=O)C(c1ccccc1)c1ccccc1O. The topological polar surface area (TPSA) is 37.3 Å². The maximum absolute atomic E-state index is 11.8. The van der Waals surface area contributed by atoms with Gasteiger partial charge < -0.3 is 5.11 Å². The molecule has 2 aromatic rings. The maximum Gasteiger partial charge on any atom is 0.141 e. The summed E-state index contributed by atoms with van der Waals surface area (Å²) in [6, 6.07) is 16.5. The standard InChI is InChI=1S/C15H14O2/c1-11(16)15(12-7-3-2-4-8-12)13-9-5-6-10-14(13)17/h2-10,15,17H,1H3. The molecular weight excluding hydrogens is 212 g/mol. The monoisotopic (exact) mass is 226 g/mol. The fourth-order valence-electron chi connectivity index (χ4n) is 2.01. The highest BCUT2D eigenvalue weighted by atomic mass is 16.3. The van der Waals surface area contributed by atoms with Crippen molar-refractivity contribution in [3.63, 3.8) is 0 Å². The molecule has 0 heterocycles. The molecule has 1 unspecified atom stereocenters. The predicted molar refractivity (Wildman–Crippen MR) is 67.1 cm³/mol. The number of carbonyl (C=O) groups excluding carboxylic acids is 1. The molecule has 0 amide bonds. The van der Waals surface area contributed by atoms with Crippen molar-refractivity contribution in [2.45, 2.75) is 12.8 Å². The molecule has 0 radical (unpaired) electrons. The largest absolute Gasteiger partial charge is 0.508 e. The lowest BCUT2D eigenvalue weighted by Crippen LogP contribution is -2.10. The Balaban J connectivity index is 2.51. The molecular formula is C15H14O2. The Hall–Kier alpha value is -2.09. The fraction of sp³-hybridized carbons (Fsp3) is 0.133. The minimum absolute atomic E-state index is 0.0256. The van der Waals surface area contributed by atoms with Crippen molar-refractivity contribution >= 4 is 5.78 Å². The molecule has 1 atom stereocenters. The molecule has 0 bridgehead atoms. The van der Waals surface area contributed by atoms with E-state index in [2.05, 4.69) is 0 Å². The predicted octanol–water partition coefficient (Wildman–Crippen LogP) is 3.11. The molecule has 0 aliphatic carbocycles. The molecule has 2 aromatic carbocycles. The second kappa shape index (κ2) is 4.83. The molecule has 0 spiro atoms. The van der Waals surface area contributed by atoms with Crippen LogP contribution in [0.25, 0.3) is 0 Å². The van der Waals surface area contributed by atoms with Gasteiger partial charge in [-0.25, -0.2) is 0 Å². The Morgan fingerprint density at radius 1 is 1.00 bits per heavy atom. The average molecular weight is 226 g/mol. The van der Waals surface area contributed by atoms with Crippen LogP contribution in [0, 0.1) is 0 Å². The van der Waals surface area contributed by atoms with Crippen molar-refractivity contribution in [2.75, 3.05) is 0 Å². The zero-order valence-corrected chi connectivity index (χ0v) is 9.63. The van der Waals surface area contributed by atoms with E-state index >= 15 is 0 Å². The summed E-state index contributed by atoms with van der Waals surface area (Å²) in [5.74, 6) is -0.202. The number of Topliss-reactive ketones (excluding diaryl/α,β-unsaturated/α-hetero) is 1. The number of hydrogen-bond donors (Lipinski definition) is 1. The second-order valence-corrected chi connectivity index (χ2v) is 4.01. The molecule has 1 N–H and O–H groups in total. The third-order valence-electron chi connectivity index (χ3n) is 2.79. The Morgan fingerprint density at radius 2 is 1.59 bits per heavy atom. The summed E-state index contributed by atoms with van der Waals surface area (Å²) in [6.07, 6.45) is 0. The Morgan fingerprint density at radius 3 is 2.18 bits per heavy atom. The van der Waals surface area contributed by atoms with Gasteiger partial charge in [0.2, 0.25) is 0 Å². The van der Waals surface area contributed by atoms with Crippen molar-refractivity contribution in [1.29, 1.82) is 0 Å². The van der Waals surface area contributed by atoms with Gasteiger partial charge in [0.25, 0.3) is 0 Å². The van der Waals surface area contributed by atoms with E-state index in [4.69, 9.17) is 0 Å². The third kappa shape index (κ3) is 2.36. The molecule has 17 heavy (non-hydrogen) atoms. The van der Waals surface area contributed by atoms with E-state index in [1.54, 1.807) is 25.1 Å². The number of benzene rings is 2. The van der Waals surface area contributed by atoms with Crippen LogP contribution in [0.2, 0.25) is 0 Å². The van der Waals surface area contributed by atoms with E-state index in [0.29, 0.717) is 5.56 Å². The van der Waals surface area contributed by atoms with Crippen LogP contribution >= 0.6 is 0 Å². The number of ketones is 1. The van der Waals surface area contributed by atoms with Crippen LogP contribution in [0.5, 0.6) is 5.75 Å². The van der Waals surface area contributed by atoms with Gasteiger partial charge in [-0.05, 0) is 18.6 Å². The lowest BCUT2D eigenvalue weighted by molar-refractivity contribution is -0.117. The van der Waals surface area contributed by atoms with Crippen LogP contribution in [0.4, 0.5) is 0 Å². The number of rotatable bonds is 3. The lowest BCUT2D eigenvalue weighted by atomic mass is 9.88. The summed E-state index contributed by atoms with van der Waals surface area (Å²) >= 11 is 0. The van der Waals surface area contributed by atoms with Gasteiger partial charge in [0.1, 0.15) is 11.5 Å². The molecule has 86 valence electrons. The number of para-hydroxylation sites is 1. The zero-order chi connectivity index (χ0) is 12.3. The molecule has 2 heteroatoms. The van der Waals surface area contributed by atoms with Crippen LogP contribution in [-0.4, -0.2) is 10.9 Å². The zero-order valence-electron chi connectivity index (χ0n) is 9.63. The first kappa shape index (κ1) is 11.4. The molecule has 2 nitrogen and oxygen atoms in total. The highest BCUT2D eigenvalue weighted by molar-refractivity contribution is 5.87. The summed E-state index contributed by atoms with van der Waals surface area (Å²) in [6.45, 7) is 1.55. The first-order chi connectivity index (χ1) is 8.20. The summed E-state index contributed by atoms with van der Waals surface area (Å²) in [5, 5.41) is 9.84. The van der Waals surface area contributed by atoms with Crippen molar-refractivity contribution in [3.05, 3.63) is 65.7 Å². The first-order valence-electron chi connectivity index (χ1n) is 5.53. The maximum atomic E-state index is 11.8. The first-order valence-corrected chi connectivity index (χ1v) is 5.53. The van der Waals surface area contributed by atoms with Crippen molar-refractivity contribution < 1.29 is 9.90 Å². The van der Waals surface area contributed by atoms with Crippen LogP contribution < -0.4 is 0 Å². The smallest absolute Gasteiger partial charge is 0.141 e. The number of hydrogen-bond acceptors (Lipinski definition) is 2. The van der Waals surface area contributed by atoms with Crippen LogP contribution in [-0.2, 0) is 4.79 Å². The normalized spacial score (nSPS) is 12.1. The highest BCUT2D eigenvalue weighted by Gasteiger charge is 2.21. The molecule has 0 fully saturated rings. The highest BCUT2D eigenvalue weighted by Crippen LogP contribution is 2.31. The van der Waals surface area contributed by atoms with Gasteiger partial charge in [0, 0.05) is 5.56 Å². The number of carbonyl (C=O) groups is 1. The number of phenolic OH excluding ortho intramolecular Hbond substituents is 1. The van der Waals surface area contributed by atoms with Crippen molar-refractivity contribution in [3.8, 4) is 5.75 Å². The van der Waals surface area contributed by atoms with Crippen molar-refractivity contribution in [2.24, 2.45) is 0 Å². The molecule has 0 aliphatic rings. The van der Waals surface area contributed by atoms with Gasteiger partial charge in [0.15, 0.2) is 0 Å². The lowest BCUT2D eigenvalue weighted by Gasteiger charge is -2.15. The van der Waals surface area contributed by atoms with E-state index in [0.717, 1.165) is 5.56 Å². The van der Waals surface area contributed by atoms with Crippen LogP contribution in [0.3, 0.4) is 0 Å². The van der Waals surface area contributed by atoms with Gasteiger partial charge in [-0.3, -0.25) is 4.79 Å². The van der Waals surface area contributed by atoms with Gasteiger partial charge in [-0.2, -0.15) is 0 Å². The molecule has 2 rings (SSSR count). The van der Waals surface area contributed by atoms with E-state index in [1.165, 1.54) is 0 Å². The van der Waals surface area contributed by atoms with E-state index < -0.39 is 5.92 Å². The molecule has 0 saturated carbocycles. The molecule has 0 saturated heterocycles. The van der Waals surface area contributed by atoms with Crippen molar-refractivity contribution in [1.82, 2.24) is 0 Å². The Kier molecular flexibility index (Phi) is 3.24. The Labute approximate surface area is 101 Å². The fourth-order valence-corrected chi connectivity index (χ4v) is 2.01. The summed E-state index contributed by atoms with van der Waals surface area (Å²) in [4.78, 5) is 11.8. The Bertz CT molecular complexity index is 517. The molecule has 0 aromatic heterocycles. The number of phenols is 1. The van der Waals surface area contributed by atoms with Gasteiger partial charge in [-0.1, -0.05) is 48.5 Å². The minimum Gasteiger partial charge on any atom is -0.508 e. The van der Waals surface area contributed by atoms with Gasteiger partial charge in [-0.15, -0.1) is 0 Å². The summed E-state index contributed by atoms with van der Waals surface area (Å²) in [5.41, 5.74) is 1.56. The van der Waals surface area contributed by atoms with Gasteiger partial charge in [0.05, 0.1) is 5.92 Å². The van der Waals surface area contributed by atoms with Crippen LogP contribution in [0.15, 0.2) is 54.6 Å². The average Bonchev–Trinajstić information content (AvgIpc) is 2.33. The number of aromatic hydroxyl groups is 1.